The van der Waals surface area contributed by atoms with Crippen LogP contribution in [-0.4, -0.2) is 124 Å². The number of amides is 1. The lowest BCUT2D eigenvalue weighted by Gasteiger charge is -2.49. The van der Waals surface area contributed by atoms with E-state index in [-0.39, 0.29) is 18.7 Å². The molecule has 2 aliphatic rings. The average molecular weight is 453 g/mol. The highest BCUT2D eigenvalue weighted by molar-refractivity contribution is 5.81. The third-order valence-electron chi connectivity index (χ3n) is 5.19. The Balaban J connectivity index is 1.90. The van der Waals surface area contributed by atoms with Gasteiger partial charge in [-0.3, -0.25) is 4.79 Å². The van der Waals surface area contributed by atoms with Gasteiger partial charge in [0, 0.05) is 12.1 Å². The second-order valence-electron chi connectivity index (χ2n) is 8.93. The molecule has 0 aliphatic carbocycles. The fourth-order valence-corrected chi connectivity index (χ4v) is 3.30. The summed E-state index contributed by atoms with van der Waals surface area (Å²) in [6.07, 6.45) is -12.4. The van der Waals surface area contributed by atoms with Crippen molar-refractivity contribution in [3.05, 3.63) is 0 Å². The molecule has 2 rings (SSSR count). The first-order valence-corrected chi connectivity index (χ1v) is 10.4. The minimum absolute atomic E-state index is 0.0737. The number of hydrogen-bond acceptors (Lipinski definition) is 11. The maximum atomic E-state index is 12.2. The molecule has 12 nitrogen and oxygen atoms in total. The Bertz CT molecular complexity index is 574. The molecule has 0 bridgehead atoms. The Morgan fingerprint density at radius 3 is 2.39 bits per heavy atom. The van der Waals surface area contributed by atoms with E-state index < -0.39 is 67.6 Å². The summed E-state index contributed by atoms with van der Waals surface area (Å²) in [6, 6.07) is 0. The Morgan fingerprint density at radius 2 is 1.84 bits per heavy atom. The average Bonchev–Trinajstić information content (AvgIpc) is 2.68. The lowest BCUT2D eigenvalue weighted by Crippen LogP contribution is -2.67. The van der Waals surface area contributed by atoms with Crippen LogP contribution >= 0.6 is 0 Å². The summed E-state index contributed by atoms with van der Waals surface area (Å²) in [7, 11) is 0. The molecule has 2 heterocycles. The monoisotopic (exact) mass is 452 g/mol. The maximum Gasteiger partial charge on any atom is 0.251 e. The largest absolute Gasteiger partial charge is 0.394 e. The van der Waals surface area contributed by atoms with Crippen LogP contribution < -0.4 is 10.6 Å². The molecule has 1 amide bonds. The molecule has 12 heteroatoms. The molecule has 182 valence electrons. The summed E-state index contributed by atoms with van der Waals surface area (Å²) in [6.45, 7) is 6.18. The normalized spacial score (nSPS) is 32.4. The Labute approximate surface area is 181 Å². The molecule has 8 N–H and O–H groups in total. The van der Waals surface area contributed by atoms with Crippen molar-refractivity contribution in [3.63, 3.8) is 0 Å². The lowest BCUT2D eigenvalue weighted by molar-refractivity contribution is -0.365. The van der Waals surface area contributed by atoms with Crippen molar-refractivity contribution < 1.29 is 49.6 Å². The summed E-state index contributed by atoms with van der Waals surface area (Å²) in [5.74, 6) is -0.889. The minimum Gasteiger partial charge on any atom is -0.394 e. The number of carbonyl (C=O) groups is 1. The number of fused-ring (bicyclic) bond motifs is 1. The lowest BCUT2D eigenvalue weighted by atomic mass is 9.95. The van der Waals surface area contributed by atoms with Gasteiger partial charge in [0.1, 0.15) is 42.7 Å². The van der Waals surface area contributed by atoms with Crippen LogP contribution in [0.4, 0.5) is 0 Å². The van der Waals surface area contributed by atoms with Crippen LogP contribution in [-0.2, 0) is 19.0 Å². The highest BCUT2D eigenvalue weighted by Gasteiger charge is 2.52. The van der Waals surface area contributed by atoms with Gasteiger partial charge in [0.2, 0.25) is 0 Å². The van der Waals surface area contributed by atoms with Crippen LogP contribution in [0.1, 0.15) is 27.2 Å². The number of aliphatic hydroxyl groups is 6. The first-order chi connectivity index (χ1) is 14.5. The highest BCUT2D eigenvalue weighted by atomic mass is 16.7. The zero-order valence-electron chi connectivity index (χ0n) is 18.0. The van der Waals surface area contributed by atoms with Crippen molar-refractivity contribution in [3.8, 4) is 0 Å². The molecular weight excluding hydrogens is 416 g/mol. The molecule has 2 saturated heterocycles. The smallest absolute Gasteiger partial charge is 0.251 e. The van der Waals surface area contributed by atoms with Crippen LogP contribution in [0.3, 0.4) is 0 Å². The van der Waals surface area contributed by atoms with E-state index in [1.165, 1.54) is 0 Å². The number of hydrogen-bond donors (Lipinski definition) is 8. The standard InChI is InChI=1S/C19H36N2O10/c1-19(2,3)21-6-4-5-20-17(28)13(26)11(24)15(9(23)7-22)31-18-14(27)12(25)16-10(30-18)8-29-16/h9-16,18,21-27H,4-8H2,1-3H3,(H,20,28)/t9-,10?,11-,12?,13-,14?,15-,16?,18?/m1/s1. The third kappa shape index (κ3) is 7.02. The zero-order chi connectivity index (χ0) is 23.3. The van der Waals surface area contributed by atoms with E-state index in [1.54, 1.807) is 0 Å². The molecule has 5 unspecified atom stereocenters. The molecule has 0 radical (unpaired) electrons. The second-order valence-corrected chi connectivity index (χ2v) is 8.93. The van der Waals surface area contributed by atoms with Gasteiger partial charge in [0.15, 0.2) is 12.4 Å². The zero-order valence-corrected chi connectivity index (χ0v) is 18.0. The molecule has 2 aliphatic heterocycles. The molecule has 0 aromatic rings. The van der Waals surface area contributed by atoms with Gasteiger partial charge in [-0.25, -0.2) is 0 Å². The molecule has 0 spiro atoms. The van der Waals surface area contributed by atoms with E-state index >= 15 is 0 Å². The molecule has 0 aromatic heterocycles. The van der Waals surface area contributed by atoms with Crippen molar-refractivity contribution in [2.75, 3.05) is 26.3 Å². The Hall–Kier alpha value is -0.930. The molecule has 2 fully saturated rings. The van der Waals surface area contributed by atoms with Gasteiger partial charge in [0.25, 0.3) is 5.91 Å². The Morgan fingerprint density at radius 1 is 1.16 bits per heavy atom. The van der Waals surface area contributed by atoms with Crippen LogP contribution in [0.2, 0.25) is 0 Å². The number of aliphatic hydroxyl groups excluding tert-OH is 6. The van der Waals surface area contributed by atoms with Gasteiger partial charge < -0.3 is 55.5 Å². The van der Waals surface area contributed by atoms with E-state index in [1.807, 2.05) is 20.8 Å². The fourth-order valence-electron chi connectivity index (χ4n) is 3.30. The highest BCUT2D eigenvalue weighted by Crippen LogP contribution is 2.31. The Kier molecular flexibility index (Phi) is 9.57. The summed E-state index contributed by atoms with van der Waals surface area (Å²) in [4.78, 5) is 12.2. The van der Waals surface area contributed by atoms with Crippen molar-refractivity contribution in [1.82, 2.24) is 10.6 Å². The van der Waals surface area contributed by atoms with Crippen LogP contribution in [0.5, 0.6) is 0 Å². The van der Waals surface area contributed by atoms with Gasteiger partial charge in [-0.1, -0.05) is 0 Å². The first-order valence-electron chi connectivity index (χ1n) is 10.4. The summed E-state index contributed by atoms with van der Waals surface area (Å²) >= 11 is 0. The van der Waals surface area contributed by atoms with Gasteiger partial charge >= 0.3 is 0 Å². The molecular formula is C19H36N2O10. The van der Waals surface area contributed by atoms with Crippen molar-refractivity contribution in [2.24, 2.45) is 0 Å². The van der Waals surface area contributed by atoms with E-state index in [9.17, 15) is 35.4 Å². The molecule has 0 aromatic carbocycles. The van der Waals surface area contributed by atoms with E-state index in [0.29, 0.717) is 13.0 Å². The molecule has 9 atom stereocenters. The topological polar surface area (TPSA) is 190 Å². The predicted molar refractivity (Wildman–Crippen MR) is 106 cm³/mol. The SMILES string of the molecule is CC(C)(C)NCCCNC(=O)[C@H](O)[C@@H](O)[C@H](OC1OC2COC2C(O)C1O)[C@H](O)CO. The molecule has 0 saturated carbocycles. The second kappa shape index (κ2) is 11.3. The molecule has 31 heavy (non-hydrogen) atoms. The third-order valence-corrected chi connectivity index (χ3v) is 5.19. The summed E-state index contributed by atoms with van der Waals surface area (Å²) in [5, 5.41) is 65.9. The van der Waals surface area contributed by atoms with Gasteiger partial charge in [-0.2, -0.15) is 0 Å². The maximum absolute atomic E-state index is 12.2. The van der Waals surface area contributed by atoms with Crippen molar-refractivity contribution >= 4 is 5.91 Å². The van der Waals surface area contributed by atoms with Gasteiger partial charge in [-0.15, -0.1) is 0 Å². The predicted octanol–water partition coefficient (Wildman–Crippen LogP) is -3.81. The summed E-state index contributed by atoms with van der Waals surface area (Å²) < 4.78 is 16.0. The van der Waals surface area contributed by atoms with Gasteiger partial charge in [-0.05, 0) is 33.7 Å². The number of carbonyl (C=O) groups excluding carboxylic acids is 1. The fraction of sp³-hybridized carbons (Fsp3) is 0.947. The van der Waals surface area contributed by atoms with Crippen LogP contribution in [0.15, 0.2) is 0 Å². The number of nitrogens with one attached hydrogen (secondary N) is 2. The minimum atomic E-state index is -1.98. The van der Waals surface area contributed by atoms with Crippen LogP contribution in [0.25, 0.3) is 0 Å². The summed E-state index contributed by atoms with van der Waals surface area (Å²) in [5.41, 5.74) is -0.0737. The van der Waals surface area contributed by atoms with E-state index in [4.69, 9.17) is 14.2 Å². The number of rotatable bonds is 11. The van der Waals surface area contributed by atoms with E-state index in [2.05, 4.69) is 10.6 Å². The van der Waals surface area contributed by atoms with Gasteiger partial charge in [0.05, 0.1) is 13.2 Å². The quantitative estimate of drug-likeness (QED) is 0.143. The van der Waals surface area contributed by atoms with Crippen molar-refractivity contribution in [2.45, 2.75) is 87.9 Å². The van der Waals surface area contributed by atoms with Crippen LogP contribution in [0, 0.1) is 0 Å². The first kappa shape index (κ1) is 26.3. The number of ether oxygens (including phenoxy) is 3. The van der Waals surface area contributed by atoms with Crippen molar-refractivity contribution in [1.29, 1.82) is 0 Å². The van der Waals surface area contributed by atoms with E-state index in [0.717, 1.165) is 0 Å².